The zero-order valence-electron chi connectivity index (χ0n) is 11.9. The van der Waals surface area contributed by atoms with Gasteiger partial charge in [-0.2, -0.15) is 0 Å². The van der Waals surface area contributed by atoms with Crippen LogP contribution in [0, 0.1) is 0 Å². The van der Waals surface area contributed by atoms with Gasteiger partial charge >= 0.3 is 5.97 Å². The molecule has 1 aliphatic heterocycles. The van der Waals surface area contributed by atoms with Gasteiger partial charge in [0, 0.05) is 13.6 Å². The third-order valence-electron chi connectivity index (χ3n) is 3.13. The molecule has 1 N–H and O–H groups in total. The lowest BCUT2D eigenvalue weighted by Gasteiger charge is -2.09. The first-order chi connectivity index (χ1) is 10.5. The normalized spacial score (nSPS) is 12.9. The Bertz CT molecular complexity index is 681. The molecule has 1 aliphatic rings. The number of likely N-dealkylation sites (N-methyl/N-ethyl adjacent to an activating group) is 1. The van der Waals surface area contributed by atoms with Crippen molar-refractivity contribution >= 4 is 23.7 Å². The Morgan fingerprint density at radius 1 is 1.27 bits per heavy atom. The minimum atomic E-state index is -0.742. The standard InChI is InChI=1S/C15H14N2O5/c1-3-6-17-13(19)10-5-4-9(7-11(10)14(17)20)15(21)22-8-12(18)16-2/h3-5,7H,1,6,8H2,2H3,(H,16,18). The van der Waals surface area contributed by atoms with Gasteiger partial charge in [0.15, 0.2) is 6.61 Å². The molecule has 1 heterocycles. The summed E-state index contributed by atoms with van der Waals surface area (Å²) in [5, 5.41) is 2.32. The van der Waals surface area contributed by atoms with Crippen molar-refractivity contribution < 1.29 is 23.9 Å². The number of fused-ring (bicyclic) bond motifs is 1. The summed E-state index contributed by atoms with van der Waals surface area (Å²) in [6.07, 6.45) is 1.44. The van der Waals surface area contributed by atoms with Crippen molar-refractivity contribution in [2.45, 2.75) is 0 Å². The quantitative estimate of drug-likeness (QED) is 0.482. The monoisotopic (exact) mass is 302 g/mol. The smallest absolute Gasteiger partial charge is 0.338 e. The van der Waals surface area contributed by atoms with Gasteiger partial charge in [-0.3, -0.25) is 19.3 Å². The lowest BCUT2D eigenvalue weighted by Crippen LogP contribution is -2.29. The molecule has 0 bridgehead atoms. The number of amides is 3. The summed E-state index contributed by atoms with van der Waals surface area (Å²) in [5.74, 6) is -2.10. The Balaban J connectivity index is 2.21. The molecule has 0 unspecified atom stereocenters. The number of nitrogens with zero attached hydrogens (tertiary/aromatic N) is 1. The van der Waals surface area contributed by atoms with E-state index in [0.717, 1.165) is 4.90 Å². The molecule has 0 atom stereocenters. The van der Waals surface area contributed by atoms with Gasteiger partial charge in [0.1, 0.15) is 0 Å². The number of imide groups is 1. The fraction of sp³-hybridized carbons (Fsp3) is 0.200. The van der Waals surface area contributed by atoms with Crippen LogP contribution in [0.4, 0.5) is 0 Å². The maximum absolute atomic E-state index is 12.1. The Morgan fingerprint density at radius 2 is 1.95 bits per heavy atom. The largest absolute Gasteiger partial charge is 0.452 e. The average molecular weight is 302 g/mol. The minimum absolute atomic E-state index is 0.1000. The van der Waals surface area contributed by atoms with Gasteiger partial charge in [-0.25, -0.2) is 4.79 Å². The van der Waals surface area contributed by atoms with Crippen LogP contribution < -0.4 is 5.32 Å². The van der Waals surface area contributed by atoms with Crippen LogP contribution >= 0.6 is 0 Å². The van der Waals surface area contributed by atoms with Gasteiger partial charge in [-0.15, -0.1) is 6.58 Å². The second kappa shape index (κ2) is 6.21. The Labute approximate surface area is 126 Å². The third-order valence-corrected chi connectivity index (χ3v) is 3.13. The van der Waals surface area contributed by atoms with Gasteiger partial charge in [0.2, 0.25) is 0 Å². The molecule has 0 aromatic heterocycles. The lowest BCUT2D eigenvalue weighted by atomic mass is 10.1. The maximum atomic E-state index is 12.1. The van der Waals surface area contributed by atoms with Crippen LogP contribution in [0.1, 0.15) is 31.1 Å². The van der Waals surface area contributed by atoms with Crippen LogP contribution in [-0.4, -0.2) is 48.8 Å². The van der Waals surface area contributed by atoms with Gasteiger partial charge in [-0.1, -0.05) is 6.08 Å². The van der Waals surface area contributed by atoms with Gasteiger partial charge in [-0.05, 0) is 18.2 Å². The number of benzene rings is 1. The first kappa shape index (κ1) is 15.4. The number of hydrogen-bond donors (Lipinski definition) is 1. The lowest BCUT2D eigenvalue weighted by molar-refractivity contribution is -0.123. The Hall–Kier alpha value is -2.96. The number of esters is 1. The summed E-state index contributed by atoms with van der Waals surface area (Å²) in [4.78, 5) is 48.1. The van der Waals surface area contributed by atoms with Gasteiger partial charge in [0.25, 0.3) is 17.7 Å². The number of carbonyl (C=O) groups is 4. The van der Waals surface area contributed by atoms with Crippen LogP contribution in [0.3, 0.4) is 0 Å². The van der Waals surface area contributed by atoms with Crippen molar-refractivity contribution in [3.8, 4) is 0 Å². The molecule has 0 radical (unpaired) electrons. The van der Waals surface area contributed by atoms with E-state index in [1.54, 1.807) is 0 Å². The SMILES string of the molecule is C=CCN1C(=O)c2ccc(C(=O)OCC(=O)NC)cc2C1=O. The molecular formula is C15H14N2O5. The van der Waals surface area contributed by atoms with Crippen LogP contribution in [0.15, 0.2) is 30.9 Å². The van der Waals surface area contributed by atoms with E-state index < -0.39 is 30.3 Å². The first-order valence-electron chi connectivity index (χ1n) is 6.48. The molecule has 1 aromatic rings. The molecule has 0 aliphatic carbocycles. The van der Waals surface area contributed by atoms with Crippen LogP contribution in [0.25, 0.3) is 0 Å². The molecule has 22 heavy (non-hydrogen) atoms. The first-order valence-corrected chi connectivity index (χ1v) is 6.48. The number of ether oxygens (including phenoxy) is 1. The molecule has 0 spiro atoms. The van der Waals surface area contributed by atoms with E-state index in [1.807, 2.05) is 0 Å². The predicted octanol–water partition coefficient (Wildman–Crippen LogP) is 0.371. The van der Waals surface area contributed by atoms with Crippen LogP contribution in [0.2, 0.25) is 0 Å². The summed E-state index contributed by atoms with van der Waals surface area (Å²) in [5.41, 5.74) is 0.472. The average Bonchev–Trinajstić information content (AvgIpc) is 2.77. The van der Waals surface area contributed by atoms with E-state index in [2.05, 4.69) is 11.9 Å². The van der Waals surface area contributed by atoms with Crippen molar-refractivity contribution in [3.63, 3.8) is 0 Å². The summed E-state index contributed by atoms with van der Waals surface area (Å²) in [6, 6.07) is 4.08. The van der Waals surface area contributed by atoms with E-state index in [9.17, 15) is 19.2 Å². The molecule has 3 amide bonds. The molecule has 114 valence electrons. The molecule has 1 aromatic carbocycles. The third kappa shape index (κ3) is 2.73. The zero-order valence-corrected chi connectivity index (χ0v) is 11.9. The summed E-state index contributed by atoms with van der Waals surface area (Å²) in [7, 11) is 1.42. The van der Waals surface area contributed by atoms with E-state index in [0.29, 0.717) is 0 Å². The van der Waals surface area contributed by atoms with E-state index in [1.165, 1.54) is 31.3 Å². The van der Waals surface area contributed by atoms with Gasteiger partial charge in [0.05, 0.1) is 16.7 Å². The second-order valence-corrected chi connectivity index (χ2v) is 4.52. The Kier molecular flexibility index (Phi) is 4.36. The molecular weight excluding hydrogens is 288 g/mol. The zero-order chi connectivity index (χ0) is 16.3. The highest BCUT2D eigenvalue weighted by Crippen LogP contribution is 2.24. The van der Waals surface area contributed by atoms with Crippen molar-refractivity contribution in [1.82, 2.24) is 10.2 Å². The molecule has 7 heteroatoms. The fourth-order valence-corrected chi connectivity index (χ4v) is 2.00. The van der Waals surface area contributed by atoms with Crippen molar-refractivity contribution in [3.05, 3.63) is 47.5 Å². The Morgan fingerprint density at radius 3 is 2.59 bits per heavy atom. The fourth-order valence-electron chi connectivity index (χ4n) is 2.00. The highest BCUT2D eigenvalue weighted by molar-refractivity contribution is 6.22. The van der Waals surface area contributed by atoms with Crippen molar-refractivity contribution in [2.24, 2.45) is 0 Å². The number of rotatable bonds is 5. The predicted molar refractivity (Wildman–Crippen MR) is 76.4 cm³/mol. The topological polar surface area (TPSA) is 92.8 Å². The van der Waals surface area contributed by atoms with Gasteiger partial charge < -0.3 is 10.1 Å². The van der Waals surface area contributed by atoms with E-state index in [-0.39, 0.29) is 23.2 Å². The van der Waals surface area contributed by atoms with Crippen molar-refractivity contribution in [1.29, 1.82) is 0 Å². The highest BCUT2D eigenvalue weighted by atomic mass is 16.5. The minimum Gasteiger partial charge on any atom is -0.452 e. The molecule has 0 saturated carbocycles. The molecule has 0 saturated heterocycles. The second-order valence-electron chi connectivity index (χ2n) is 4.52. The molecule has 0 fully saturated rings. The number of hydrogen-bond acceptors (Lipinski definition) is 5. The number of carbonyl (C=O) groups excluding carboxylic acids is 4. The van der Waals surface area contributed by atoms with Crippen molar-refractivity contribution in [2.75, 3.05) is 20.2 Å². The summed E-state index contributed by atoms with van der Waals surface area (Å²) in [6.45, 7) is 3.18. The van der Waals surface area contributed by atoms with Crippen LogP contribution in [-0.2, 0) is 9.53 Å². The highest BCUT2D eigenvalue weighted by Gasteiger charge is 2.35. The van der Waals surface area contributed by atoms with Crippen LogP contribution in [0.5, 0.6) is 0 Å². The summed E-state index contributed by atoms with van der Waals surface area (Å²) < 4.78 is 4.80. The maximum Gasteiger partial charge on any atom is 0.338 e. The van der Waals surface area contributed by atoms with E-state index >= 15 is 0 Å². The number of nitrogens with one attached hydrogen (secondary N) is 1. The molecule has 7 nitrogen and oxygen atoms in total. The molecule has 2 rings (SSSR count). The summed E-state index contributed by atoms with van der Waals surface area (Å²) >= 11 is 0. The van der Waals surface area contributed by atoms with E-state index in [4.69, 9.17) is 4.74 Å².